The summed E-state index contributed by atoms with van der Waals surface area (Å²) in [7, 11) is 1.42. The van der Waals surface area contributed by atoms with Gasteiger partial charge in [0.2, 0.25) is 0 Å². The Morgan fingerprint density at radius 1 is 1.21 bits per heavy atom. The molecule has 29 heavy (non-hydrogen) atoms. The van der Waals surface area contributed by atoms with Gasteiger partial charge in [0, 0.05) is 13.1 Å². The van der Waals surface area contributed by atoms with Gasteiger partial charge < -0.3 is 19.3 Å². The third-order valence-corrected chi connectivity index (χ3v) is 6.11. The van der Waals surface area contributed by atoms with Gasteiger partial charge in [0.15, 0.2) is 17.0 Å². The smallest absolute Gasteiger partial charge is 0.310 e. The number of aliphatic hydroxyl groups excluding tert-OH is 1. The summed E-state index contributed by atoms with van der Waals surface area (Å²) in [5, 5.41) is 10.8. The van der Waals surface area contributed by atoms with E-state index in [0.717, 1.165) is 24.2 Å². The predicted molar refractivity (Wildman–Crippen MR) is 107 cm³/mol. The lowest BCUT2D eigenvalue weighted by Gasteiger charge is -2.31. The summed E-state index contributed by atoms with van der Waals surface area (Å²) < 4.78 is 6.84. The van der Waals surface area contributed by atoms with E-state index in [1.54, 1.807) is 6.33 Å². The van der Waals surface area contributed by atoms with Gasteiger partial charge in [-0.2, -0.15) is 0 Å². The van der Waals surface area contributed by atoms with Crippen molar-refractivity contribution in [1.82, 2.24) is 19.5 Å². The highest BCUT2D eigenvalue weighted by Gasteiger charge is 2.33. The predicted octanol–water partition coefficient (Wildman–Crippen LogP) is 1.72. The monoisotopic (exact) mass is 393 g/mol. The number of ether oxygens (including phenoxy) is 1. The highest BCUT2D eigenvalue weighted by atomic mass is 16.5. The van der Waals surface area contributed by atoms with Crippen LogP contribution in [-0.4, -0.2) is 56.9 Å². The average Bonchev–Trinajstić information content (AvgIpc) is 3.40. The van der Waals surface area contributed by atoms with Crippen LogP contribution in [0, 0.1) is 5.92 Å². The van der Waals surface area contributed by atoms with Crippen molar-refractivity contribution in [2.45, 2.75) is 31.4 Å². The Bertz CT molecular complexity index is 1070. The molecule has 1 aliphatic heterocycles. The third kappa shape index (κ3) is 2.95. The van der Waals surface area contributed by atoms with Crippen molar-refractivity contribution in [2.75, 3.05) is 25.1 Å². The van der Waals surface area contributed by atoms with E-state index < -0.39 is 6.10 Å². The maximum absolute atomic E-state index is 11.9. The van der Waals surface area contributed by atoms with Crippen LogP contribution in [-0.2, 0) is 16.0 Å². The van der Waals surface area contributed by atoms with Gasteiger partial charge in [0.25, 0.3) is 0 Å². The Hall–Kier alpha value is -3.00. The molecule has 0 spiro atoms. The van der Waals surface area contributed by atoms with Crippen molar-refractivity contribution in [3.63, 3.8) is 0 Å². The van der Waals surface area contributed by atoms with Gasteiger partial charge in [0.1, 0.15) is 6.33 Å². The number of imidazole rings is 1. The molecule has 2 aromatic heterocycles. The van der Waals surface area contributed by atoms with Crippen molar-refractivity contribution in [2.24, 2.45) is 5.92 Å². The topological polar surface area (TPSA) is 93.4 Å². The summed E-state index contributed by atoms with van der Waals surface area (Å²) >= 11 is 0. The van der Waals surface area contributed by atoms with Crippen molar-refractivity contribution >= 4 is 23.0 Å². The second kappa shape index (κ2) is 7.11. The maximum Gasteiger partial charge on any atom is 0.310 e. The molecule has 0 saturated carbocycles. The van der Waals surface area contributed by atoms with Gasteiger partial charge in [-0.05, 0) is 30.4 Å². The summed E-state index contributed by atoms with van der Waals surface area (Å²) in [4.78, 5) is 27.5. The van der Waals surface area contributed by atoms with Crippen LogP contribution in [0.25, 0.3) is 11.2 Å². The summed E-state index contributed by atoms with van der Waals surface area (Å²) in [5.74, 6) is 0.378. The molecule has 1 N–H and O–H groups in total. The number of carbonyl (C=O) groups excluding carboxylic acids is 1. The Balaban J connectivity index is 1.54. The number of benzene rings is 1. The van der Waals surface area contributed by atoms with Crippen LogP contribution in [0.3, 0.4) is 0 Å². The van der Waals surface area contributed by atoms with Crippen LogP contribution in [0.2, 0.25) is 0 Å². The number of rotatable bonds is 3. The molecular formula is C21H23N5O3. The maximum atomic E-state index is 11.9. The quantitative estimate of drug-likeness (QED) is 0.677. The standard InChI is InChI=1S/C21H23N5O3/c1-29-21(28)14-8-9-25(10-14)19-17-20(23-11-22-19)26(12-24-17)18-15-5-3-2-4-13(15)6-7-16(18)27/h2-5,11-12,14,16,18,27H,6-10H2,1H3/t14?,16-,18+/m1/s1. The number of aliphatic hydroxyl groups is 1. The molecule has 3 atom stereocenters. The van der Waals surface area contributed by atoms with E-state index in [-0.39, 0.29) is 17.9 Å². The minimum Gasteiger partial charge on any atom is -0.469 e. The molecule has 1 unspecified atom stereocenters. The van der Waals surface area contributed by atoms with E-state index in [2.05, 4.69) is 32.0 Å². The fourth-order valence-corrected chi connectivity index (χ4v) is 4.64. The van der Waals surface area contributed by atoms with Crippen LogP contribution in [0.15, 0.2) is 36.9 Å². The number of anilines is 1. The molecule has 0 amide bonds. The average molecular weight is 393 g/mol. The number of nitrogens with zero attached hydrogens (tertiary/aromatic N) is 5. The highest BCUT2D eigenvalue weighted by molar-refractivity contribution is 5.84. The van der Waals surface area contributed by atoms with Gasteiger partial charge in [-0.25, -0.2) is 15.0 Å². The Labute approximate surface area is 168 Å². The van der Waals surface area contributed by atoms with E-state index in [0.29, 0.717) is 30.7 Å². The molecule has 2 aliphatic rings. The summed E-state index contributed by atoms with van der Waals surface area (Å²) in [6.45, 7) is 1.27. The fraction of sp³-hybridized carbons (Fsp3) is 0.429. The number of hydrogen-bond acceptors (Lipinski definition) is 7. The highest BCUT2D eigenvalue weighted by Crippen LogP contribution is 2.36. The van der Waals surface area contributed by atoms with E-state index in [1.165, 1.54) is 19.0 Å². The first-order valence-corrected chi connectivity index (χ1v) is 9.93. The lowest BCUT2D eigenvalue weighted by molar-refractivity contribution is -0.144. The number of carbonyl (C=O) groups is 1. The van der Waals surface area contributed by atoms with Crippen LogP contribution in [0.5, 0.6) is 0 Å². The van der Waals surface area contributed by atoms with Gasteiger partial charge in [-0.3, -0.25) is 4.79 Å². The Morgan fingerprint density at radius 2 is 2.07 bits per heavy atom. The molecule has 8 nitrogen and oxygen atoms in total. The number of esters is 1. The number of aromatic nitrogens is 4. The fourth-order valence-electron chi connectivity index (χ4n) is 4.64. The van der Waals surface area contributed by atoms with E-state index in [9.17, 15) is 9.90 Å². The van der Waals surface area contributed by atoms with Crippen LogP contribution < -0.4 is 4.90 Å². The molecule has 150 valence electrons. The zero-order valence-electron chi connectivity index (χ0n) is 16.2. The second-order valence-corrected chi connectivity index (χ2v) is 7.73. The lowest BCUT2D eigenvalue weighted by atomic mass is 9.85. The minimum absolute atomic E-state index is 0.154. The summed E-state index contributed by atoms with van der Waals surface area (Å²) in [6.07, 6.45) is 5.06. The van der Waals surface area contributed by atoms with Crippen molar-refractivity contribution in [1.29, 1.82) is 0 Å². The Kier molecular flexibility index (Phi) is 4.43. The zero-order chi connectivity index (χ0) is 20.0. The van der Waals surface area contributed by atoms with Gasteiger partial charge in [-0.1, -0.05) is 24.3 Å². The van der Waals surface area contributed by atoms with Crippen molar-refractivity contribution in [3.05, 3.63) is 48.0 Å². The molecule has 1 aromatic carbocycles. The molecule has 0 bridgehead atoms. The normalized spacial score (nSPS) is 23.9. The molecule has 3 aromatic rings. The molecule has 1 fully saturated rings. The molecule has 1 aliphatic carbocycles. The molecule has 1 saturated heterocycles. The number of fused-ring (bicyclic) bond motifs is 2. The number of hydrogen-bond donors (Lipinski definition) is 1. The minimum atomic E-state index is -0.504. The van der Waals surface area contributed by atoms with Crippen LogP contribution in [0.1, 0.15) is 30.0 Å². The number of aryl methyl sites for hydroxylation is 1. The summed E-state index contributed by atoms with van der Waals surface area (Å²) in [5.41, 5.74) is 3.74. The molecular weight excluding hydrogens is 370 g/mol. The largest absolute Gasteiger partial charge is 0.469 e. The lowest BCUT2D eigenvalue weighted by Crippen LogP contribution is -2.30. The Morgan fingerprint density at radius 3 is 2.93 bits per heavy atom. The van der Waals surface area contributed by atoms with Crippen LogP contribution in [0.4, 0.5) is 5.82 Å². The van der Waals surface area contributed by atoms with Crippen molar-refractivity contribution in [3.8, 4) is 0 Å². The molecule has 0 radical (unpaired) electrons. The molecule has 5 rings (SSSR count). The third-order valence-electron chi connectivity index (χ3n) is 6.11. The first-order chi connectivity index (χ1) is 14.2. The van der Waals surface area contributed by atoms with Gasteiger partial charge >= 0.3 is 5.97 Å². The first-order valence-electron chi connectivity index (χ1n) is 9.93. The SMILES string of the molecule is COC(=O)C1CCN(c2ncnc3c2ncn3[C@H]2c3ccccc3CC[C@H]2O)C1. The molecule has 8 heteroatoms. The summed E-state index contributed by atoms with van der Waals surface area (Å²) in [6, 6.07) is 7.99. The van der Waals surface area contributed by atoms with Gasteiger partial charge in [-0.15, -0.1) is 0 Å². The first kappa shape index (κ1) is 18.1. The molecule has 3 heterocycles. The van der Waals surface area contributed by atoms with Crippen LogP contribution >= 0.6 is 0 Å². The van der Waals surface area contributed by atoms with E-state index in [4.69, 9.17) is 4.74 Å². The van der Waals surface area contributed by atoms with E-state index >= 15 is 0 Å². The second-order valence-electron chi connectivity index (χ2n) is 7.73. The van der Waals surface area contributed by atoms with Crippen molar-refractivity contribution < 1.29 is 14.6 Å². The van der Waals surface area contributed by atoms with Gasteiger partial charge in [0.05, 0.1) is 31.5 Å². The number of methoxy groups -OCH3 is 1. The zero-order valence-corrected chi connectivity index (χ0v) is 16.2. The van der Waals surface area contributed by atoms with E-state index in [1.807, 2.05) is 16.7 Å².